The third kappa shape index (κ3) is 14.3. The number of nitrogens with zero attached hydrogens (tertiary/aromatic N) is 2. The second-order valence-corrected chi connectivity index (χ2v) is 11.1. The summed E-state index contributed by atoms with van der Waals surface area (Å²) in [5, 5.41) is 0. The topological polar surface area (TPSA) is 8.81 Å². The van der Waals surface area contributed by atoms with Crippen molar-refractivity contribution in [3.8, 4) is 0 Å². The Bertz CT molecular complexity index is 545. The van der Waals surface area contributed by atoms with Gasteiger partial charge in [-0.2, -0.15) is 0 Å². The molecule has 0 radical (unpaired) electrons. The fourth-order valence-electron chi connectivity index (χ4n) is 5.30. The van der Waals surface area contributed by atoms with Crippen molar-refractivity contribution in [1.29, 1.82) is 0 Å². The first-order chi connectivity index (χ1) is 16.1. The van der Waals surface area contributed by atoms with Gasteiger partial charge < -0.3 is 0 Å². The fourth-order valence-corrected chi connectivity index (χ4v) is 5.30. The van der Waals surface area contributed by atoms with Crippen molar-refractivity contribution in [2.75, 3.05) is 0 Å². The SMILES string of the molecule is CCCCCCCCCCCCCCC(C)n1cc[n+](CCCCCCCCC)c1C(C)C. The summed E-state index contributed by atoms with van der Waals surface area (Å²) < 4.78 is 5.14. The molecule has 0 bridgehead atoms. The van der Waals surface area contributed by atoms with Crippen molar-refractivity contribution in [3.63, 3.8) is 0 Å². The summed E-state index contributed by atoms with van der Waals surface area (Å²) in [6, 6.07) is 0.626. The zero-order chi connectivity index (χ0) is 24.2. The predicted molar refractivity (Wildman–Crippen MR) is 147 cm³/mol. The summed E-state index contributed by atoms with van der Waals surface area (Å²) in [4.78, 5) is 0. The van der Waals surface area contributed by atoms with Crippen molar-refractivity contribution < 1.29 is 4.57 Å². The molecule has 0 aliphatic carbocycles. The highest BCUT2D eigenvalue weighted by Gasteiger charge is 2.23. The maximum atomic E-state index is 2.59. The Balaban J connectivity index is 2.21. The number of rotatable bonds is 23. The normalized spacial score (nSPS) is 12.7. The highest BCUT2D eigenvalue weighted by Crippen LogP contribution is 2.22. The van der Waals surface area contributed by atoms with Crippen LogP contribution in [0.15, 0.2) is 12.4 Å². The van der Waals surface area contributed by atoms with Crippen LogP contribution < -0.4 is 4.57 Å². The van der Waals surface area contributed by atoms with Crippen LogP contribution in [0.2, 0.25) is 0 Å². The van der Waals surface area contributed by atoms with Crippen molar-refractivity contribution in [2.45, 2.75) is 182 Å². The van der Waals surface area contributed by atoms with Gasteiger partial charge >= 0.3 is 0 Å². The Labute approximate surface area is 208 Å². The van der Waals surface area contributed by atoms with Crippen LogP contribution in [-0.2, 0) is 6.54 Å². The predicted octanol–water partition coefficient (Wildman–Crippen LogP) is 10.3. The summed E-state index contributed by atoms with van der Waals surface area (Å²) in [6.07, 6.45) is 33.0. The lowest BCUT2D eigenvalue weighted by Gasteiger charge is -2.14. The Morgan fingerprint density at radius 1 is 0.606 bits per heavy atom. The van der Waals surface area contributed by atoms with Gasteiger partial charge in [-0.3, -0.25) is 0 Å². The molecule has 1 atom stereocenters. The lowest BCUT2D eigenvalue weighted by Crippen LogP contribution is -2.38. The zero-order valence-electron chi connectivity index (χ0n) is 23.6. The molecule has 194 valence electrons. The van der Waals surface area contributed by atoms with E-state index in [4.69, 9.17) is 0 Å². The van der Waals surface area contributed by atoms with E-state index >= 15 is 0 Å². The number of hydrogen-bond acceptors (Lipinski definition) is 0. The first kappa shape index (κ1) is 30.2. The molecule has 1 aromatic rings. The standard InChI is InChI=1S/C31H61N2/c1-6-8-10-12-14-15-16-17-18-19-21-23-25-30(5)33-28-27-32(31(33)29(3)4)26-24-22-20-13-11-9-7-2/h27-30H,6-26H2,1-5H3/q+1. The molecule has 0 saturated carbocycles. The Hall–Kier alpha value is -0.790. The molecular formula is C31H61N2+. The van der Waals surface area contributed by atoms with E-state index in [0.717, 1.165) is 0 Å². The smallest absolute Gasteiger partial charge is 0.234 e. The second-order valence-electron chi connectivity index (χ2n) is 11.1. The van der Waals surface area contributed by atoms with Gasteiger partial charge in [0, 0.05) is 0 Å². The molecule has 0 aliphatic rings. The molecule has 1 rings (SSSR count). The highest BCUT2D eigenvalue weighted by atomic mass is 15.2. The van der Waals surface area contributed by atoms with Gasteiger partial charge in [0.1, 0.15) is 12.4 Å². The minimum atomic E-state index is 0.592. The summed E-state index contributed by atoms with van der Waals surface area (Å²) in [5.41, 5.74) is 0. The molecule has 1 heterocycles. The Morgan fingerprint density at radius 3 is 1.48 bits per heavy atom. The average Bonchev–Trinajstić information content (AvgIpc) is 3.23. The number of aromatic nitrogens is 2. The Kier molecular flexibility index (Phi) is 18.9. The van der Waals surface area contributed by atoms with Crippen molar-refractivity contribution in [2.24, 2.45) is 0 Å². The lowest BCUT2D eigenvalue weighted by atomic mass is 10.0. The van der Waals surface area contributed by atoms with Crippen LogP contribution in [0.3, 0.4) is 0 Å². The average molecular weight is 462 g/mol. The molecule has 0 aromatic carbocycles. The molecule has 2 heteroatoms. The fraction of sp³-hybridized carbons (Fsp3) is 0.903. The van der Waals surface area contributed by atoms with Gasteiger partial charge in [-0.25, -0.2) is 9.13 Å². The Morgan fingerprint density at radius 2 is 1.03 bits per heavy atom. The van der Waals surface area contributed by atoms with Crippen LogP contribution in [0.5, 0.6) is 0 Å². The molecule has 1 aromatic heterocycles. The van der Waals surface area contributed by atoms with Crippen LogP contribution in [0, 0.1) is 0 Å². The first-order valence-corrected chi connectivity index (χ1v) is 15.2. The van der Waals surface area contributed by atoms with Crippen LogP contribution in [0.4, 0.5) is 0 Å². The van der Waals surface area contributed by atoms with Gasteiger partial charge in [-0.1, -0.05) is 130 Å². The van der Waals surface area contributed by atoms with E-state index in [2.05, 4.69) is 56.1 Å². The van der Waals surface area contributed by atoms with E-state index in [1.54, 1.807) is 0 Å². The van der Waals surface area contributed by atoms with E-state index in [-0.39, 0.29) is 0 Å². The van der Waals surface area contributed by atoms with Crippen LogP contribution in [-0.4, -0.2) is 4.57 Å². The number of imidazole rings is 1. The largest absolute Gasteiger partial charge is 0.259 e. The maximum Gasteiger partial charge on any atom is 0.259 e. The van der Waals surface area contributed by atoms with Crippen molar-refractivity contribution >= 4 is 0 Å². The van der Waals surface area contributed by atoms with E-state index in [1.807, 2.05) is 0 Å². The second kappa shape index (κ2) is 20.6. The molecule has 0 N–H and O–H groups in total. The molecular weight excluding hydrogens is 400 g/mol. The lowest BCUT2D eigenvalue weighted by molar-refractivity contribution is -0.705. The molecule has 33 heavy (non-hydrogen) atoms. The third-order valence-corrected chi connectivity index (χ3v) is 7.44. The van der Waals surface area contributed by atoms with Crippen LogP contribution in [0.1, 0.15) is 181 Å². The quantitative estimate of drug-likeness (QED) is 0.113. The highest BCUT2D eigenvalue weighted by molar-refractivity contribution is 4.92. The zero-order valence-corrected chi connectivity index (χ0v) is 23.6. The van der Waals surface area contributed by atoms with Gasteiger partial charge in [-0.05, 0) is 32.6 Å². The van der Waals surface area contributed by atoms with E-state index in [1.165, 1.54) is 141 Å². The van der Waals surface area contributed by atoms with Gasteiger partial charge in [0.2, 0.25) is 0 Å². The molecule has 2 nitrogen and oxygen atoms in total. The molecule has 1 unspecified atom stereocenters. The first-order valence-electron chi connectivity index (χ1n) is 15.2. The minimum Gasteiger partial charge on any atom is -0.234 e. The van der Waals surface area contributed by atoms with Crippen LogP contribution >= 0.6 is 0 Å². The van der Waals surface area contributed by atoms with Gasteiger partial charge in [0.15, 0.2) is 0 Å². The number of unbranched alkanes of at least 4 members (excludes halogenated alkanes) is 17. The summed E-state index contributed by atoms with van der Waals surface area (Å²) in [7, 11) is 0. The minimum absolute atomic E-state index is 0.592. The molecule has 0 saturated heterocycles. The molecule has 0 fully saturated rings. The van der Waals surface area contributed by atoms with Crippen LogP contribution in [0.25, 0.3) is 0 Å². The van der Waals surface area contributed by atoms with Crippen molar-refractivity contribution in [3.05, 3.63) is 18.2 Å². The van der Waals surface area contributed by atoms with Gasteiger partial charge in [-0.15, -0.1) is 0 Å². The monoisotopic (exact) mass is 461 g/mol. The maximum absolute atomic E-state index is 2.59. The molecule has 0 amide bonds. The third-order valence-electron chi connectivity index (χ3n) is 7.44. The summed E-state index contributed by atoms with van der Waals surface area (Å²) >= 11 is 0. The van der Waals surface area contributed by atoms with Gasteiger partial charge in [0.05, 0.1) is 18.5 Å². The number of hydrogen-bond donors (Lipinski definition) is 0. The summed E-state index contributed by atoms with van der Waals surface area (Å²) in [5.74, 6) is 2.13. The van der Waals surface area contributed by atoms with Crippen molar-refractivity contribution in [1.82, 2.24) is 4.57 Å². The van der Waals surface area contributed by atoms with E-state index < -0.39 is 0 Å². The van der Waals surface area contributed by atoms with E-state index in [9.17, 15) is 0 Å². The van der Waals surface area contributed by atoms with Gasteiger partial charge in [0.25, 0.3) is 5.82 Å². The van der Waals surface area contributed by atoms with E-state index in [0.29, 0.717) is 12.0 Å². The molecule has 0 spiro atoms. The molecule has 0 aliphatic heterocycles. The summed E-state index contributed by atoms with van der Waals surface area (Å²) in [6.45, 7) is 13.0. The number of aryl methyl sites for hydroxylation is 1.